The fraction of sp³-hybridized carbons (Fsp3) is 0.333. The van der Waals surface area contributed by atoms with E-state index in [1.54, 1.807) is 11.7 Å². The van der Waals surface area contributed by atoms with Crippen molar-refractivity contribution in [1.29, 1.82) is 0 Å². The zero-order chi connectivity index (χ0) is 15.2. The number of anilines is 2. The van der Waals surface area contributed by atoms with Crippen molar-refractivity contribution in [2.45, 2.75) is 18.0 Å². The Balaban J connectivity index is 1.75. The largest absolute Gasteiger partial charge is 0.399 e. The molecule has 0 radical (unpaired) electrons. The summed E-state index contributed by atoms with van der Waals surface area (Å²) in [5.74, 6) is -0.0607. The fourth-order valence-electron chi connectivity index (χ4n) is 1.59. The number of tetrazole rings is 1. The molecule has 0 unspecified atom stereocenters. The molecule has 9 heteroatoms. The third-order valence-corrected chi connectivity index (χ3v) is 3.72. The van der Waals surface area contributed by atoms with E-state index < -0.39 is 5.82 Å². The molecule has 0 aliphatic rings. The number of nitrogen functional groups attached to an aromatic ring is 1. The Labute approximate surface area is 125 Å². The van der Waals surface area contributed by atoms with E-state index in [2.05, 4.69) is 20.8 Å². The molecule has 1 aromatic heterocycles. The van der Waals surface area contributed by atoms with Crippen LogP contribution in [0, 0.1) is 5.82 Å². The van der Waals surface area contributed by atoms with Crippen LogP contribution in [0.25, 0.3) is 0 Å². The molecule has 112 valence electrons. The summed E-state index contributed by atoms with van der Waals surface area (Å²) in [6, 6.07) is 4.06. The minimum absolute atomic E-state index is 0.102. The average Bonchev–Trinajstić information content (AvgIpc) is 2.84. The minimum Gasteiger partial charge on any atom is -0.399 e. The van der Waals surface area contributed by atoms with Gasteiger partial charge in [0.25, 0.3) is 0 Å². The first-order valence-electron chi connectivity index (χ1n) is 6.26. The van der Waals surface area contributed by atoms with Crippen LogP contribution in [0.3, 0.4) is 0 Å². The molecule has 0 atom stereocenters. The van der Waals surface area contributed by atoms with Crippen LogP contribution in [0.1, 0.15) is 12.8 Å². The fourth-order valence-corrected chi connectivity index (χ4v) is 2.38. The van der Waals surface area contributed by atoms with Gasteiger partial charge in [-0.15, -0.1) is 5.10 Å². The van der Waals surface area contributed by atoms with Gasteiger partial charge in [0, 0.05) is 24.9 Å². The van der Waals surface area contributed by atoms with E-state index in [9.17, 15) is 9.18 Å². The summed E-state index contributed by atoms with van der Waals surface area (Å²) in [4.78, 5) is 11.7. The van der Waals surface area contributed by atoms with E-state index in [0.717, 1.165) is 0 Å². The molecule has 0 aliphatic carbocycles. The molecule has 7 nitrogen and oxygen atoms in total. The smallest absolute Gasteiger partial charge is 0.224 e. The number of amides is 1. The van der Waals surface area contributed by atoms with E-state index in [4.69, 9.17) is 5.73 Å². The van der Waals surface area contributed by atoms with Crippen LogP contribution >= 0.6 is 11.8 Å². The molecular weight excluding hydrogens is 295 g/mol. The number of rotatable bonds is 6. The van der Waals surface area contributed by atoms with Gasteiger partial charge in [-0.3, -0.25) is 4.79 Å². The quantitative estimate of drug-likeness (QED) is 0.476. The maximum Gasteiger partial charge on any atom is 0.224 e. The van der Waals surface area contributed by atoms with Crippen molar-refractivity contribution in [1.82, 2.24) is 20.2 Å². The second-order valence-corrected chi connectivity index (χ2v) is 5.39. The van der Waals surface area contributed by atoms with Gasteiger partial charge in [0.2, 0.25) is 11.1 Å². The summed E-state index contributed by atoms with van der Waals surface area (Å²) in [7, 11) is 1.75. The lowest BCUT2D eigenvalue weighted by molar-refractivity contribution is -0.116. The van der Waals surface area contributed by atoms with Crippen LogP contribution in [0.15, 0.2) is 23.4 Å². The van der Waals surface area contributed by atoms with E-state index in [0.29, 0.717) is 23.0 Å². The topological polar surface area (TPSA) is 98.7 Å². The second kappa shape index (κ2) is 7.02. The summed E-state index contributed by atoms with van der Waals surface area (Å²) in [5.41, 5.74) is 6.05. The van der Waals surface area contributed by atoms with Gasteiger partial charge in [-0.25, -0.2) is 9.07 Å². The number of carbonyl (C=O) groups is 1. The normalized spacial score (nSPS) is 10.6. The Bertz CT molecular complexity index is 632. The highest BCUT2D eigenvalue weighted by Gasteiger charge is 2.08. The highest BCUT2D eigenvalue weighted by atomic mass is 32.2. The van der Waals surface area contributed by atoms with Crippen molar-refractivity contribution in [3.05, 3.63) is 24.0 Å². The number of carbonyl (C=O) groups excluding carboxylic acids is 1. The van der Waals surface area contributed by atoms with Gasteiger partial charge < -0.3 is 11.1 Å². The number of hydrogen-bond donors (Lipinski definition) is 2. The standard InChI is InChI=1S/C12H15FN6OS/c1-19-12(16-17-18-19)21-6-2-3-11(20)15-10-7-8(14)4-5-9(10)13/h4-5,7H,2-3,6,14H2,1H3,(H,15,20). The maximum absolute atomic E-state index is 13.4. The number of benzene rings is 1. The van der Waals surface area contributed by atoms with E-state index in [1.165, 1.54) is 30.0 Å². The number of halogens is 1. The summed E-state index contributed by atoms with van der Waals surface area (Å²) >= 11 is 1.46. The third-order valence-electron chi connectivity index (χ3n) is 2.63. The van der Waals surface area contributed by atoms with Gasteiger partial charge >= 0.3 is 0 Å². The SMILES string of the molecule is Cn1nnnc1SCCCC(=O)Nc1cc(N)ccc1F. The van der Waals surface area contributed by atoms with Gasteiger partial charge in [0.1, 0.15) is 5.82 Å². The summed E-state index contributed by atoms with van der Waals surface area (Å²) in [6.07, 6.45) is 0.916. The van der Waals surface area contributed by atoms with Crippen LogP contribution < -0.4 is 11.1 Å². The average molecular weight is 310 g/mol. The van der Waals surface area contributed by atoms with Crippen molar-refractivity contribution in [3.8, 4) is 0 Å². The number of aryl methyl sites for hydroxylation is 1. The van der Waals surface area contributed by atoms with Crippen molar-refractivity contribution in [2.24, 2.45) is 7.05 Å². The molecule has 21 heavy (non-hydrogen) atoms. The third kappa shape index (κ3) is 4.42. The molecule has 0 saturated carbocycles. The summed E-state index contributed by atoms with van der Waals surface area (Å²) in [6.45, 7) is 0. The van der Waals surface area contributed by atoms with Crippen LogP contribution in [0.4, 0.5) is 15.8 Å². The number of hydrogen-bond acceptors (Lipinski definition) is 6. The van der Waals surface area contributed by atoms with Crippen molar-refractivity contribution in [2.75, 3.05) is 16.8 Å². The van der Waals surface area contributed by atoms with Crippen LogP contribution in [0.5, 0.6) is 0 Å². The number of nitrogens with one attached hydrogen (secondary N) is 1. The van der Waals surface area contributed by atoms with Crippen molar-refractivity contribution >= 4 is 29.0 Å². The molecule has 0 saturated heterocycles. The molecular formula is C12H15FN6OS. The second-order valence-electron chi connectivity index (χ2n) is 4.32. The van der Waals surface area contributed by atoms with Crippen molar-refractivity contribution in [3.63, 3.8) is 0 Å². The summed E-state index contributed by atoms with van der Waals surface area (Å²) < 4.78 is 15.0. The molecule has 3 N–H and O–H groups in total. The molecule has 0 spiro atoms. The molecule has 0 bridgehead atoms. The lowest BCUT2D eigenvalue weighted by Crippen LogP contribution is -2.13. The first-order valence-corrected chi connectivity index (χ1v) is 7.25. The van der Waals surface area contributed by atoms with E-state index >= 15 is 0 Å². The van der Waals surface area contributed by atoms with Gasteiger partial charge in [0.15, 0.2) is 0 Å². The lowest BCUT2D eigenvalue weighted by atomic mass is 10.2. The molecule has 0 fully saturated rings. The monoisotopic (exact) mass is 310 g/mol. The Hall–Kier alpha value is -2.16. The highest BCUT2D eigenvalue weighted by molar-refractivity contribution is 7.99. The van der Waals surface area contributed by atoms with Gasteiger partial charge in [0.05, 0.1) is 5.69 Å². The molecule has 2 aromatic rings. The van der Waals surface area contributed by atoms with Crippen LogP contribution in [-0.2, 0) is 11.8 Å². The maximum atomic E-state index is 13.4. The number of aromatic nitrogens is 4. The molecule has 1 aromatic carbocycles. The molecule has 1 amide bonds. The molecule has 2 rings (SSSR count). The van der Waals surface area contributed by atoms with Crippen molar-refractivity contribution < 1.29 is 9.18 Å². The highest BCUT2D eigenvalue weighted by Crippen LogP contribution is 2.18. The first-order chi connectivity index (χ1) is 10.1. The Morgan fingerprint density at radius 3 is 3.05 bits per heavy atom. The predicted molar refractivity (Wildman–Crippen MR) is 78.2 cm³/mol. The van der Waals surface area contributed by atoms with Gasteiger partial charge in [-0.05, 0) is 35.0 Å². The number of nitrogens with zero attached hydrogens (tertiary/aromatic N) is 4. The van der Waals surface area contributed by atoms with E-state index in [-0.39, 0.29) is 18.0 Å². The van der Waals surface area contributed by atoms with Gasteiger partial charge in [-0.1, -0.05) is 11.8 Å². The zero-order valence-electron chi connectivity index (χ0n) is 11.4. The van der Waals surface area contributed by atoms with Crippen LogP contribution in [0.2, 0.25) is 0 Å². The number of nitrogens with two attached hydrogens (primary N) is 1. The Morgan fingerprint density at radius 1 is 1.52 bits per heavy atom. The Kier molecular flexibility index (Phi) is 5.09. The van der Waals surface area contributed by atoms with E-state index in [1.807, 2.05) is 0 Å². The minimum atomic E-state index is -0.503. The zero-order valence-corrected chi connectivity index (χ0v) is 12.2. The first kappa shape index (κ1) is 15.2. The molecule has 0 aliphatic heterocycles. The summed E-state index contributed by atoms with van der Waals surface area (Å²) in [5, 5.41) is 14.2. The van der Waals surface area contributed by atoms with Gasteiger partial charge in [-0.2, -0.15) is 0 Å². The molecule has 1 heterocycles. The lowest BCUT2D eigenvalue weighted by Gasteiger charge is -2.07. The van der Waals surface area contributed by atoms with Crippen LogP contribution in [-0.4, -0.2) is 31.9 Å². The predicted octanol–water partition coefficient (Wildman–Crippen LogP) is 1.44. The number of thioether (sulfide) groups is 1. The Morgan fingerprint density at radius 2 is 2.33 bits per heavy atom.